The molecule has 1 N–H and O–H groups in total. The summed E-state index contributed by atoms with van der Waals surface area (Å²) >= 11 is 1.13. The molecule has 1 aliphatic carbocycles. The van der Waals surface area contributed by atoms with E-state index in [1.54, 1.807) is 36.4 Å². The molecule has 0 spiro atoms. The summed E-state index contributed by atoms with van der Waals surface area (Å²) < 4.78 is 15.6. The largest absolute Gasteiger partial charge is 0.353 e. The molecule has 0 bridgehead atoms. The van der Waals surface area contributed by atoms with E-state index in [1.807, 2.05) is 0 Å². The molecule has 0 unspecified atom stereocenters. The lowest BCUT2D eigenvalue weighted by molar-refractivity contribution is -0.118. The lowest BCUT2D eigenvalue weighted by Gasteiger charge is -2.13. The number of hydrogen-bond donors (Lipinski definition) is 1. The highest BCUT2D eigenvalue weighted by atomic mass is 32.2. The summed E-state index contributed by atoms with van der Waals surface area (Å²) in [5.74, 6) is -0.508. The van der Waals surface area contributed by atoms with Crippen molar-refractivity contribution in [2.45, 2.75) is 24.0 Å². The Labute approximate surface area is 153 Å². The van der Waals surface area contributed by atoms with Crippen molar-refractivity contribution in [3.63, 3.8) is 0 Å². The number of benzene rings is 2. The summed E-state index contributed by atoms with van der Waals surface area (Å²) in [6, 6.07) is 13.2. The third kappa shape index (κ3) is 3.35. The van der Waals surface area contributed by atoms with Crippen LogP contribution in [0.5, 0.6) is 0 Å². The maximum atomic E-state index is 14.3. The molecule has 0 saturated heterocycles. The summed E-state index contributed by atoms with van der Waals surface area (Å²) in [5, 5.41) is 3.60. The molecule has 1 amide bonds. The quantitative estimate of drug-likeness (QED) is 0.555. The van der Waals surface area contributed by atoms with Gasteiger partial charge < -0.3 is 5.32 Å². The highest BCUT2D eigenvalue weighted by Gasteiger charge is 2.24. The maximum Gasteiger partial charge on any atom is 0.266 e. The molecule has 4 rings (SSSR count). The monoisotopic (exact) mass is 369 g/mol. The van der Waals surface area contributed by atoms with E-state index in [4.69, 9.17) is 0 Å². The van der Waals surface area contributed by atoms with Gasteiger partial charge in [0.05, 0.1) is 22.3 Å². The molecule has 3 aromatic rings. The van der Waals surface area contributed by atoms with Crippen LogP contribution in [0.15, 0.2) is 58.5 Å². The molecule has 1 heterocycles. The van der Waals surface area contributed by atoms with Gasteiger partial charge in [-0.15, -0.1) is 0 Å². The molecule has 5 nitrogen and oxygen atoms in total. The first-order valence-electron chi connectivity index (χ1n) is 8.32. The van der Waals surface area contributed by atoms with Gasteiger partial charge in [0.1, 0.15) is 5.82 Å². The Kier molecular flexibility index (Phi) is 4.46. The number of thioether (sulfide) groups is 1. The number of hydrogen-bond acceptors (Lipinski definition) is 4. The van der Waals surface area contributed by atoms with Crippen molar-refractivity contribution < 1.29 is 9.18 Å². The molecule has 1 aromatic heterocycles. The second-order valence-electron chi connectivity index (χ2n) is 6.13. The molecule has 0 atom stereocenters. The fourth-order valence-electron chi connectivity index (χ4n) is 2.68. The molecule has 132 valence electrons. The predicted octanol–water partition coefficient (Wildman–Crippen LogP) is 2.90. The van der Waals surface area contributed by atoms with Crippen molar-refractivity contribution in [3.8, 4) is 5.69 Å². The minimum Gasteiger partial charge on any atom is -0.353 e. The van der Waals surface area contributed by atoms with Gasteiger partial charge in [0.2, 0.25) is 5.91 Å². The van der Waals surface area contributed by atoms with Crippen LogP contribution < -0.4 is 10.9 Å². The molecule has 1 saturated carbocycles. The van der Waals surface area contributed by atoms with Gasteiger partial charge in [-0.1, -0.05) is 36.0 Å². The van der Waals surface area contributed by atoms with Crippen LogP contribution in [0.2, 0.25) is 0 Å². The van der Waals surface area contributed by atoms with E-state index >= 15 is 0 Å². The van der Waals surface area contributed by atoms with Gasteiger partial charge in [0, 0.05) is 6.04 Å². The summed E-state index contributed by atoms with van der Waals surface area (Å²) in [7, 11) is 0. The molecule has 0 aliphatic heterocycles. The van der Waals surface area contributed by atoms with Gasteiger partial charge >= 0.3 is 0 Å². The SMILES string of the molecule is O=C(CSc1nc2ccccc2c(=O)n1-c1ccccc1F)NC1CC1. The van der Waals surface area contributed by atoms with Crippen LogP contribution in [0.4, 0.5) is 4.39 Å². The zero-order valence-electron chi connectivity index (χ0n) is 13.8. The molecule has 26 heavy (non-hydrogen) atoms. The molecule has 7 heteroatoms. The lowest BCUT2D eigenvalue weighted by atomic mass is 10.2. The summed E-state index contributed by atoms with van der Waals surface area (Å²) in [4.78, 5) is 29.5. The van der Waals surface area contributed by atoms with Gasteiger partial charge in [0.15, 0.2) is 5.16 Å². The first kappa shape index (κ1) is 16.8. The maximum absolute atomic E-state index is 14.3. The topological polar surface area (TPSA) is 64.0 Å². The zero-order chi connectivity index (χ0) is 18.1. The smallest absolute Gasteiger partial charge is 0.266 e. The van der Waals surface area contributed by atoms with Crippen LogP contribution in [0.1, 0.15) is 12.8 Å². The van der Waals surface area contributed by atoms with E-state index in [0.29, 0.717) is 16.1 Å². The van der Waals surface area contributed by atoms with Crippen LogP contribution in [0, 0.1) is 5.82 Å². The Bertz CT molecular complexity index is 1050. The number of halogens is 1. The zero-order valence-corrected chi connectivity index (χ0v) is 14.6. The van der Waals surface area contributed by atoms with Crippen LogP contribution in [0.25, 0.3) is 16.6 Å². The van der Waals surface area contributed by atoms with Crippen LogP contribution in [-0.2, 0) is 4.79 Å². The number of nitrogens with one attached hydrogen (secondary N) is 1. The average molecular weight is 369 g/mol. The number of amides is 1. The Hall–Kier alpha value is -2.67. The first-order valence-corrected chi connectivity index (χ1v) is 9.31. The third-order valence-corrected chi connectivity index (χ3v) is 5.05. The number of fused-ring (bicyclic) bond motifs is 1. The fourth-order valence-corrected chi connectivity index (χ4v) is 3.50. The van der Waals surface area contributed by atoms with Crippen molar-refractivity contribution in [3.05, 3.63) is 64.7 Å². The summed E-state index contributed by atoms with van der Waals surface area (Å²) in [6.45, 7) is 0. The number of carbonyl (C=O) groups is 1. The molecule has 1 aliphatic rings. The van der Waals surface area contributed by atoms with Crippen molar-refractivity contribution >= 4 is 28.6 Å². The number of para-hydroxylation sites is 2. The minimum atomic E-state index is -0.518. The predicted molar refractivity (Wildman–Crippen MR) is 99.2 cm³/mol. The third-order valence-electron chi connectivity index (χ3n) is 4.11. The standard InChI is InChI=1S/C19H16FN3O2S/c20-14-6-2-4-8-16(14)23-18(25)13-5-1-3-7-15(13)22-19(23)26-11-17(24)21-12-9-10-12/h1-8,12H,9-11H2,(H,21,24). The summed E-state index contributed by atoms with van der Waals surface area (Å²) in [5.41, 5.74) is 0.293. The van der Waals surface area contributed by atoms with E-state index in [9.17, 15) is 14.0 Å². The Morgan fingerprint density at radius 2 is 1.92 bits per heavy atom. The van der Waals surface area contributed by atoms with Crippen LogP contribution in [0.3, 0.4) is 0 Å². The van der Waals surface area contributed by atoms with Gasteiger partial charge in [0.25, 0.3) is 5.56 Å². The Morgan fingerprint density at radius 1 is 1.19 bits per heavy atom. The van der Waals surface area contributed by atoms with E-state index in [-0.39, 0.29) is 28.9 Å². The second kappa shape index (κ2) is 6.92. The Morgan fingerprint density at radius 3 is 2.69 bits per heavy atom. The molecule has 1 fully saturated rings. The van der Waals surface area contributed by atoms with E-state index in [1.165, 1.54) is 16.7 Å². The molecular weight excluding hydrogens is 353 g/mol. The van der Waals surface area contributed by atoms with Crippen molar-refractivity contribution in [2.24, 2.45) is 0 Å². The minimum absolute atomic E-state index is 0.111. The van der Waals surface area contributed by atoms with E-state index in [2.05, 4.69) is 10.3 Å². The molecule has 2 aromatic carbocycles. The average Bonchev–Trinajstić information content (AvgIpc) is 3.45. The second-order valence-corrected chi connectivity index (χ2v) is 7.08. The highest BCUT2D eigenvalue weighted by molar-refractivity contribution is 7.99. The van der Waals surface area contributed by atoms with Crippen molar-refractivity contribution in [1.82, 2.24) is 14.9 Å². The van der Waals surface area contributed by atoms with Crippen molar-refractivity contribution in [2.75, 3.05) is 5.75 Å². The molecule has 0 radical (unpaired) electrons. The van der Waals surface area contributed by atoms with Gasteiger partial charge in [-0.25, -0.2) is 9.37 Å². The van der Waals surface area contributed by atoms with E-state index < -0.39 is 5.82 Å². The normalized spacial score (nSPS) is 13.7. The van der Waals surface area contributed by atoms with E-state index in [0.717, 1.165) is 24.6 Å². The van der Waals surface area contributed by atoms with Gasteiger partial charge in [-0.2, -0.15) is 0 Å². The van der Waals surface area contributed by atoms with Crippen LogP contribution in [-0.4, -0.2) is 27.3 Å². The number of carbonyl (C=O) groups excluding carboxylic acids is 1. The van der Waals surface area contributed by atoms with Crippen molar-refractivity contribution in [1.29, 1.82) is 0 Å². The van der Waals surface area contributed by atoms with Gasteiger partial charge in [-0.05, 0) is 37.1 Å². The Balaban J connectivity index is 1.78. The number of nitrogens with zero attached hydrogens (tertiary/aromatic N) is 2. The highest BCUT2D eigenvalue weighted by Crippen LogP contribution is 2.23. The number of rotatable bonds is 5. The first-order chi connectivity index (χ1) is 12.6. The fraction of sp³-hybridized carbons (Fsp3) is 0.211. The lowest BCUT2D eigenvalue weighted by Crippen LogP contribution is -2.28. The number of aromatic nitrogens is 2. The molecular formula is C19H16FN3O2S. The summed E-state index contributed by atoms with van der Waals surface area (Å²) in [6.07, 6.45) is 2.01. The van der Waals surface area contributed by atoms with Crippen LogP contribution >= 0.6 is 11.8 Å². The van der Waals surface area contributed by atoms with Gasteiger partial charge in [-0.3, -0.25) is 14.2 Å².